The smallest absolute Gasteiger partial charge is 0.255 e. The Morgan fingerprint density at radius 2 is 1.73 bits per heavy atom. The van der Waals surface area contributed by atoms with Gasteiger partial charge in [-0.05, 0) is 48.9 Å². The molecule has 6 nitrogen and oxygen atoms in total. The van der Waals surface area contributed by atoms with Gasteiger partial charge in [0.15, 0.2) is 0 Å². The standard InChI is InChI=1S/C22H25FN4O2.ClH/c23-18-6-4-16(5-7-18)21(28)25-19-3-1-2-17(14-19)22(29)27-11-8-20(15-27)26-12-9-24-10-13-26;/h1-7,14,20,24H,8-13,15H2,(H,25,28);1H. The first-order chi connectivity index (χ1) is 14.1. The molecule has 0 aromatic heterocycles. The van der Waals surface area contributed by atoms with Gasteiger partial charge in [-0.2, -0.15) is 0 Å². The molecule has 0 radical (unpaired) electrons. The third-order valence-electron chi connectivity index (χ3n) is 5.59. The first-order valence-electron chi connectivity index (χ1n) is 10.0. The third kappa shape index (κ3) is 5.16. The molecule has 8 heteroatoms. The molecule has 4 rings (SSSR count). The van der Waals surface area contributed by atoms with E-state index in [0.717, 1.165) is 45.7 Å². The fourth-order valence-electron chi connectivity index (χ4n) is 3.99. The SMILES string of the molecule is Cl.O=C(Nc1cccc(C(=O)N2CCC(N3CCNCC3)C2)c1)c1ccc(F)cc1. The van der Waals surface area contributed by atoms with E-state index in [-0.39, 0.29) is 30.0 Å². The van der Waals surface area contributed by atoms with Crippen molar-refractivity contribution in [2.45, 2.75) is 12.5 Å². The number of halogens is 2. The van der Waals surface area contributed by atoms with Crippen molar-refractivity contribution in [2.24, 2.45) is 0 Å². The summed E-state index contributed by atoms with van der Waals surface area (Å²) in [5, 5.41) is 6.14. The maximum Gasteiger partial charge on any atom is 0.255 e. The van der Waals surface area contributed by atoms with E-state index in [1.165, 1.54) is 24.3 Å². The number of benzene rings is 2. The van der Waals surface area contributed by atoms with Crippen LogP contribution in [0.5, 0.6) is 0 Å². The number of hydrogen-bond acceptors (Lipinski definition) is 4. The van der Waals surface area contributed by atoms with Crippen LogP contribution in [0.2, 0.25) is 0 Å². The number of likely N-dealkylation sites (tertiary alicyclic amines) is 1. The van der Waals surface area contributed by atoms with Gasteiger partial charge in [0.1, 0.15) is 5.82 Å². The van der Waals surface area contributed by atoms with E-state index in [9.17, 15) is 14.0 Å². The van der Waals surface area contributed by atoms with Crippen molar-refractivity contribution in [3.8, 4) is 0 Å². The first-order valence-corrected chi connectivity index (χ1v) is 10.0. The van der Waals surface area contributed by atoms with E-state index in [4.69, 9.17) is 0 Å². The Bertz CT molecular complexity index is 887. The van der Waals surface area contributed by atoms with Crippen LogP contribution in [0.1, 0.15) is 27.1 Å². The molecule has 0 saturated carbocycles. The zero-order valence-corrected chi connectivity index (χ0v) is 17.5. The quantitative estimate of drug-likeness (QED) is 0.779. The van der Waals surface area contributed by atoms with E-state index >= 15 is 0 Å². The third-order valence-corrected chi connectivity index (χ3v) is 5.59. The lowest BCUT2D eigenvalue weighted by Crippen LogP contribution is -2.49. The predicted octanol–water partition coefficient (Wildman–Crippen LogP) is 2.62. The van der Waals surface area contributed by atoms with Gasteiger partial charge in [-0.25, -0.2) is 4.39 Å². The van der Waals surface area contributed by atoms with Crippen LogP contribution in [0.25, 0.3) is 0 Å². The minimum atomic E-state index is -0.390. The molecular weight excluding hydrogens is 407 g/mol. The van der Waals surface area contributed by atoms with Crippen LogP contribution in [0, 0.1) is 5.82 Å². The molecule has 0 bridgehead atoms. The van der Waals surface area contributed by atoms with Crippen molar-refractivity contribution in [3.05, 3.63) is 65.5 Å². The van der Waals surface area contributed by atoms with Crippen molar-refractivity contribution in [3.63, 3.8) is 0 Å². The molecule has 2 N–H and O–H groups in total. The van der Waals surface area contributed by atoms with Gasteiger partial charge >= 0.3 is 0 Å². The lowest BCUT2D eigenvalue weighted by Gasteiger charge is -2.32. The highest BCUT2D eigenvalue weighted by Gasteiger charge is 2.31. The lowest BCUT2D eigenvalue weighted by molar-refractivity contribution is 0.0773. The molecule has 2 aromatic rings. The zero-order valence-electron chi connectivity index (χ0n) is 16.6. The van der Waals surface area contributed by atoms with Crippen LogP contribution < -0.4 is 10.6 Å². The Morgan fingerprint density at radius 3 is 2.47 bits per heavy atom. The van der Waals surface area contributed by atoms with E-state index in [1.807, 2.05) is 4.90 Å². The molecule has 2 fully saturated rings. The summed E-state index contributed by atoms with van der Waals surface area (Å²) in [7, 11) is 0. The second kappa shape index (κ2) is 10.0. The van der Waals surface area contributed by atoms with Crippen molar-refractivity contribution >= 4 is 29.9 Å². The second-order valence-corrected chi connectivity index (χ2v) is 7.52. The highest BCUT2D eigenvalue weighted by Crippen LogP contribution is 2.20. The molecule has 2 saturated heterocycles. The number of hydrogen-bond donors (Lipinski definition) is 2. The normalized spacial score (nSPS) is 19.2. The predicted molar refractivity (Wildman–Crippen MR) is 117 cm³/mol. The summed E-state index contributed by atoms with van der Waals surface area (Å²) < 4.78 is 13.0. The van der Waals surface area contributed by atoms with Crippen LogP contribution in [-0.4, -0.2) is 66.9 Å². The van der Waals surface area contributed by atoms with Gasteiger partial charge in [0.25, 0.3) is 11.8 Å². The molecule has 1 atom stereocenters. The fourth-order valence-corrected chi connectivity index (χ4v) is 3.99. The molecule has 30 heavy (non-hydrogen) atoms. The largest absolute Gasteiger partial charge is 0.337 e. The monoisotopic (exact) mass is 432 g/mol. The topological polar surface area (TPSA) is 64.7 Å². The Hall–Kier alpha value is -2.48. The number of carbonyl (C=O) groups is 2. The number of nitrogens with zero attached hydrogens (tertiary/aromatic N) is 2. The summed E-state index contributed by atoms with van der Waals surface area (Å²) >= 11 is 0. The van der Waals surface area contributed by atoms with Crippen molar-refractivity contribution in [1.29, 1.82) is 0 Å². The molecule has 2 heterocycles. The van der Waals surface area contributed by atoms with Crippen LogP contribution >= 0.6 is 12.4 Å². The summed E-state index contributed by atoms with van der Waals surface area (Å²) in [5.41, 5.74) is 1.47. The summed E-state index contributed by atoms with van der Waals surface area (Å²) in [6.45, 7) is 5.54. The minimum absolute atomic E-state index is 0. The van der Waals surface area contributed by atoms with Crippen molar-refractivity contribution in [1.82, 2.24) is 15.1 Å². The Labute approximate surface area is 181 Å². The van der Waals surface area contributed by atoms with Crippen LogP contribution in [-0.2, 0) is 0 Å². The Morgan fingerprint density at radius 1 is 1.00 bits per heavy atom. The Kier molecular flexibility index (Phi) is 7.42. The van der Waals surface area contributed by atoms with E-state index in [2.05, 4.69) is 15.5 Å². The number of anilines is 1. The average molecular weight is 433 g/mol. The van der Waals surface area contributed by atoms with Crippen LogP contribution in [0.4, 0.5) is 10.1 Å². The van der Waals surface area contributed by atoms with Gasteiger partial charge in [0.2, 0.25) is 0 Å². The second-order valence-electron chi connectivity index (χ2n) is 7.52. The molecule has 0 aliphatic carbocycles. The van der Waals surface area contributed by atoms with E-state index in [1.54, 1.807) is 24.3 Å². The highest BCUT2D eigenvalue weighted by molar-refractivity contribution is 6.05. The molecule has 2 amide bonds. The van der Waals surface area contributed by atoms with E-state index in [0.29, 0.717) is 22.9 Å². The number of amides is 2. The molecule has 2 aromatic carbocycles. The van der Waals surface area contributed by atoms with Gasteiger partial charge in [0, 0.05) is 62.1 Å². The molecule has 2 aliphatic rings. The van der Waals surface area contributed by atoms with Crippen molar-refractivity contribution in [2.75, 3.05) is 44.6 Å². The molecule has 160 valence electrons. The van der Waals surface area contributed by atoms with Gasteiger partial charge < -0.3 is 15.5 Å². The van der Waals surface area contributed by atoms with Crippen molar-refractivity contribution < 1.29 is 14.0 Å². The van der Waals surface area contributed by atoms with Gasteiger partial charge in [-0.15, -0.1) is 12.4 Å². The summed E-state index contributed by atoms with van der Waals surface area (Å²) in [4.78, 5) is 29.7. The first kappa shape index (κ1) is 22.2. The number of piperazine rings is 1. The number of nitrogens with one attached hydrogen (secondary N) is 2. The van der Waals surface area contributed by atoms with Gasteiger partial charge in [-0.3, -0.25) is 14.5 Å². The van der Waals surface area contributed by atoms with E-state index < -0.39 is 0 Å². The number of rotatable bonds is 4. The molecule has 2 aliphatic heterocycles. The lowest BCUT2D eigenvalue weighted by atomic mass is 10.1. The maximum atomic E-state index is 13.0. The maximum absolute atomic E-state index is 13.0. The molecule has 0 spiro atoms. The molecule has 1 unspecified atom stereocenters. The fraction of sp³-hybridized carbons (Fsp3) is 0.364. The van der Waals surface area contributed by atoms with Crippen LogP contribution in [0.3, 0.4) is 0 Å². The molecular formula is C22H26ClFN4O2. The summed E-state index contributed by atoms with van der Waals surface area (Å²) in [6, 6.07) is 12.7. The van der Waals surface area contributed by atoms with Crippen LogP contribution in [0.15, 0.2) is 48.5 Å². The Balaban J connectivity index is 0.00000256. The zero-order chi connectivity index (χ0) is 20.2. The summed E-state index contributed by atoms with van der Waals surface area (Å²) in [6.07, 6.45) is 0.993. The van der Waals surface area contributed by atoms with Gasteiger partial charge in [0.05, 0.1) is 0 Å². The summed E-state index contributed by atoms with van der Waals surface area (Å²) in [5.74, 6) is -0.742. The average Bonchev–Trinajstić information content (AvgIpc) is 3.25. The number of carbonyl (C=O) groups excluding carboxylic acids is 2. The highest BCUT2D eigenvalue weighted by atomic mass is 35.5. The van der Waals surface area contributed by atoms with Gasteiger partial charge in [-0.1, -0.05) is 6.07 Å². The minimum Gasteiger partial charge on any atom is -0.337 e.